The molecule has 1 fully saturated rings. The molecule has 196 valence electrons. The minimum Gasteiger partial charge on any atom is -0.454 e. The van der Waals surface area contributed by atoms with Gasteiger partial charge in [-0.25, -0.2) is 13.6 Å². The monoisotopic (exact) mass is 545 g/mol. The molecule has 4 rings (SSSR count). The van der Waals surface area contributed by atoms with Gasteiger partial charge >= 0.3 is 0 Å². The van der Waals surface area contributed by atoms with E-state index in [0.717, 1.165) is 46.5 Å². The second kappa shape index (κ2) is 11.8. The van der Waals surface area contributed by atoms with Crippen LogP contribution in [0.5, 0.6) is 11.5 Å². The largest absolute Gasteiger partial charge is 0.454 e. The molecule has 2 aliphatic heterocycles. The molecule has 0 bridgehead atoms. The highest BCUT2D eigenvalue weighted by Gasteiger charge is 2.30. The van der Waals surface area contributed by atoms with E-state index in [-0.39, 0.29) is 35.1 Å². The number of nitrogens with two attached hydrogens (primary N) is 1. The molecule has 2 aliphatic rings. The first-order chi connectivity index (χ1) is 17.7. The molecule has 0 aliphatic carbocycles. The van der Waals surface area contributed by atoms with Crippen molar-refractivity contribution in [3.8, 4) is 11.5 Å². The summed E-state index contributed by atoms with van der Waals surface area (Å²) in [5, 5.41) is 18.6. The summed E-state index contributed by atoms with van der Waals surface area (Å²) in [6.07, 6.45) is 1.93. The minimum atomic E-state index is -3.75. The number of benzene rings is 2. The zero-order valence-electron chi connectivity index (χ0n) is 20.1. The van der Waals surface area contributed by atoms with Gasteiger partial charge in [-0.05, 0) is 61.6 Å². The van der Waals surface area contributed by atoms with Crippen molar-refractivity contribution in [3.05, 3.63) is 53.6 Å². The number of thioether (sulfide) groups is 1. The fourth-order valence-electron chi connectivity index (χ4n) is 3.63. The lowest BCUT2D eigenvalue weighted by atomic mass is 10.1. The van der Waals surface area contributed by atoms with Crippen LogP contribution in [0.15, 0.2) is 57.6 Å². The Hall–Kier alpha value is -3.42. The van der Waals surface area contributed by atoms with Gasteiger partial charge in [-0.15, -0.1) is 5.10 Å². The molecule has 0 unspecified atom stereocenters. The molecule has 13 heteroatoms. The summed E-state index contributed by atoms with van der Waals surface area (Å²) < 4.78 is 33.4. The number of primary sulfonamides is 1. The fourth-order valence-corrected chi connectivity index (χ4v) is 5.10. The maximum Gasteiger partial charge on any atom is 0.238 e. The van der Waals surface area contributed by atoms with Crippen LogP contribution in [0.1, 0.15) is 30.9 Å². The third kappa shape index (κ3) is 7.54. The number of nitrogens with one attached hydrogen (secondary N) is 2. The van der Waals surface area contributed by atoms with Crippen molar-refractivity contribution in [1.29, 1.82) is 0 Å². The third-order valence-corrected chi connectivity index (χ3v) is 7.65. The van der Waals surface area contributed by atoms with Crippen molar-refractivity contribution >= 4 is 44.5 Å². The van der Waals surface area contributed by atoms with Gasteiger partial charge in [0.2, 0.25) is 28.6 Å². The Bertz CT molecular complexity index is 1340. The predicted octanol–water partition coefficient (Wildman–Crippen LogP) is 1.71. The van der Waals surface area contributed by atoms with Gasteiger partial charge in [0.05, 0.1) is 10.1 Å². The zero-order valence-corrected chi connectivity index (χ0v) is 21.7. The first-order valence-electron chi connectivity index (χ1n) is 11.5. The highest BCUT2D eigenvalue weighted by atomic mass is 32.2. The van der Waals surface area contributed by atoms with Gasteiger partial charge in [-0.2, -0.15) is 5.10 Å². The van der Waals surface area contributed by atoms with Gasteiger partial charge in [-0.1, -0.05) is 30.0 Å². The summed E-state index contributed by atoms with van der Waals surface area (Å²) in [5.41, 5.74) is 2.71. The number of fused-ring (bicyclic) bond motifs is 1. The van der Waals surface area contributed by atoms with E-state index in [4.69, 9.17) is 14.6 Å². The van der Waals surface area contributed by atoms with Crippen molar-refractivity contribution in [2.45, 2.75) is 42.8 Å². The van der Waals surface area contributed by atoms with Crippen LogP contribution in [0, 0.1) is 0 Å². The minimum absolute atomic E-state index is 0.0301. The van der Waals surface area contributed by atoms with Crippen molar-refractivity contribution in [2.75, 3.05) is 13.3 Å². The standard InChI is InChI=1S/C24H27N5O6S2/c1-15(2-3-17-6-9-19-20(12-17)35-14-34-19)28-29-24-27-22(30)13-21(36-24)23(31)26-11-10-16-4-7-18(8-5-16)37(25,32)33/h4-9,12,21H,2-3,10-11,13-14H2,1H3,(H,26,31)(H2,25,32,33)(H,27,29,30)/b28-15-/t21-/m0/s1. The molecule has 2 amide bonds. The number of carbonyl (C=O) groups excluding carboxylic acids is 2. The Kier molecular flexibility index (Phi) is 8.46. The fraction of sp³-hybridized carbons (Fsp3) is 0.333. The lowest BCUT2D eigenvalue weighted by Gasteiger charge is -2.21. The summed E-state index contributed by atoms with van der Waals surface area (Å²) in [6, 6.07) is 11.9. The molecule has 2 aromatic carbocycles. The molecular weight excluding hydrogens is 518 g/mol. The van der Waals surface area contributed by atoms with E-state index >= 15 is 0 Å². The van der Waals surface area contributed by atoms with Crippen LogP contribution < -0.4 is 25.2 Å². The van der Waals surface area contributed by atoms with E-state index in [9.17, 15) is 18.0 Å². The number of hydrogen-bond donors (Lipinski definition) is 3. The molecule has 2 heterocycles. The molecule has 0 spiro atoms. The summed E-state index contributed by atoms with van der Waals surface area (Å²) in [7, 11) is -3.75. The Morgan fingerprint density at radius 1 is 1.14 bits per heavy atom. The normalized spacial score (nSPS) is 18.5. The van der Waals surface area contributed by atoms with Crippen LogP contribution in [-0.2, 0) is 32.5 Å². The number of aryl methyl sites for hydroxylation is 1. The number of sulfonamides is 1. The number of amidine groups is 1. The molecule has 1 atom stereocenters. The quantitative estimate of drug-likeness (QED) is 0.319. The van der Waals surface area contributed by atoms with E-state index in [1.807, 2.05) is 25.1 Å². The summed E-state index contributed by atoms with van der Waals surface area (Å²) in [4.78, 5) is 24.8. The average molecular weight is 546 g/mol. The number of hydrogen-bond acceptors (Lipinski definition) is 9. The second-order valence-corrected chi connectivity index (χ2v) is 11.3. The summed E-state index contributed by atoms with van der Waals surface area (Å²) in [5.74, 6) is 0.891. The average Bonchev–Trinajstić information content (AvgIpc) is 3.33. The molecule has 0 aromatic heterocycles. The summed E-state index contributed by atoms with van der Waals surface area (Å²) >= 11 is 1.15. The number of carbonyl (C=O) groups is 2. The van der Waals surface area contributed by atoms with E-state index in [0.29, 0.717) is 19.4 Å². The van der Waals surface area contributed by atoms with Gasteiger partial charge in [0.25, 0.3) is 0 Å². The lowest BCUT2D eigenvalue weighted by molar-refractivity contribution is -0.125. The van der Waals surface area contributed by atoms with Gasteiger partial charge in [-0.3, -0.25) is 9.59 Å². The first-order valence-corrected chi connectivity index (χ1v) is 14.0. The first kappa shape index (κ1) is 26.6. The number of rotatable bonds is 9. The Labute approximate surface area is 218 Å². The highest BCUT2D eigenvalue weighted by Crippen LogP contribution is 2.32. The van der Waals surface area contributed by atoms with Gasteiger partial charge in [0, 0.05) is 18.7 Å². The van der Waals surface area contributed by atoms with Crippen LogP contribution in [0.2, 0.25) is 0 Å². The SMILES string of the molecule is C/C(CCc1ccc2c(c1)OCO2)=N/N=C1/NC(=O)C[C@@H](C(=O)NCCc2ccc(S(N)(=O)=O)cc2)S1. The highest BCUT2D eigenvalue weighted by molar-refractivity contribution is 8.15. The van der Waals surface area contributed by atoms with Gasteiger partial charge in [0.1, 0.15) is 0 Å². The Morgan fingerprint density at radius 2 is 1.86 bits per heavy atom. The maximum atomic E-state index is 12.6. The number of nitrogens with zero attached hydrogens (tertiary/aromatic N) is 2. The Morgan fingerprint density at radius 3 is 2.62 bits per heavy atom. The van der Waals surface area contributed by atoms with Crippen molar-refractivity contribution in [2.24, 2.45) is 15.3 Å². The van der Waals surface area contributed by atoms with Crippen LogP contribution in [0.4, 0.5) is 0 Å². The van der Waals surface area contributed by atoms with Crippen LogP contribution in [0.25, 0.3) is 0 Å². The molecule has 0 saturated carbocycles. The molecular formula is C24H27N5O6S2. The second-order valence-electron chi connectivity index (χ2n) is 8.52. The smallest absolute Gasteiger partial charge is 0.238 e. The number of amides is 2. The van der Waals surface area contributed by atoms with E-state index in [2.05, 4.69) is 20.8 Å². The molecule has 4 N–H and O–H groups in total. The van der Waals surface area contributed by atoms with Crippen LogP contribution in [0.3, 0.4) is 0 Å². The van der Waals surface area contributed by atoms with Crippen LogP contribution in [-0.4, -0.2) is 49.7 Å². The number of ether oxygens (including phenoxy) is 2. The van der Waals surface area contributed by atoms with E-state index in [1.54, 1.807) is 12.1 Å². The Balaban J connectivity index is 1.26. The molecule has 1 saturated heterocycles. The molecule has 11 nitrogen and oxygen atoms in total. The van der Waals surface area contributed by atoms with Crippen molar-refractivity contribution < 1.29 is 27.5 Å². The van der Waals surface area contributed by atoms with Crippen molar-refractivity contribution in [1.82, 2.24) is 10.6 Å². The van der Waals surface area contributed by atoms with Gasteiger partial charge < -0.3 is 20.1 Å². The van der Waals surface area contributed by atoms with Gasteiger partial charge in [0.15, 0.2) is 16.7 Å². The molecule has 0 radical (unpaired) electrons. The summed E-state index contributed by atoms with van der Waals surface area (Å²) in [6.45, 7) is 2.41. The predicted molar refractivity (Wildman–Crippen MR) is 140 cm³/mol. The van der Waals surface area contributed by atoms with Crippen molar-refractivity contribution in [3.63, 3.8) is 0 Å². The zero-order chi connectivity index (χ0) is 26.4. The van der Waals surface area contributed by atoms with Crippen LogP contribution >= 0.6 is 11.8 Å². The molecule has 37 heavy (non-hydrogen) atoms. The molecule has 2 aromatic rings. The van der Waals surface area contributed by atoms with E-state index in [1.165, 1.54) is 12.1 Å². The maximum absolute atomic E-state index is 12.6. The van der Waals surface area contributed by atoms with E-state index < -0.39 is 15.3 Å². The topological polar surface area (TPSA) is 162 Å². The lowest BCUT2D eigenvalue weighted by Crippen LogP contribution is -2.44. The third-order valence-electron chi connectivity index (χ3n) is 5.65.